The van der Waals surface area contributed by atoms with Gasteiger partial charge in [0.05, 0.1) is 12.2 Å². The van der Waals surface area contributed by atoms with E-state index in [1.165, 1.54) is 29.2 Å². The lowest BCUT2D eigenvalue weighted by molar-refractivity contribution is -0.136. The van der Waals surface area contributed by atoms with E-state index < -0.39 is 17.6 Å². The summed E-state index contributed by atoms with van der Waals surface area (Å²) < 4.78 is 18.9. The molecule has 0 atom stereocenters. The first kappa shape index (κ1) is 22.6. The molecular formula is C26H22ClFN2O3. The highest BCUT2D eigenvalue weighted by molar-refractivity contribution is 6.36. The molecule has 0 radical (unpaired) electrons. The third-order valence-corrected chi connectivity index (χ3v) is 5.52. The van der Waals surface area contributed by atoms with Crippen molar-refractivity contribution >= 4 is 34.7 Å². The van der Waals surface area contributed by atoms with Gasteiger partial charge in [-0.1, -0.05) is 35.9 Å². The van der Waals surface area contributed by atoms with Crippen molar-refractivity contribution in [3.8, 4) is 5.75 Å². The van der Waals surface area contributed by atoms with E-state index in [1.54, 1.807) is 36.4 Å². The molecule has 0 saturated heterocycles. The van der Waals surface area contributed by atoms with Crippen LogP contribution in [0.4, 0.5) is 10.1 Å². The number of amides is 2. The lowest BCUT2D eigenvalue weighted by Gasteiger charge is -2.15. The summed E-state index contributed by atoms with van der Waals surface area (Å²) in [6, 6.07) is 19.9. The summed E-state index contributed by atoms with van der Waals surface area (Å²) in [6.07, 6.45) is 0.488. The van der Waals surface area contributed by atoms with Crippen molar-refractivity contribution in [1.82, 2.24) is 4.90 Å². The lowest BCUT2D eigenvalue weighted by Crippen LogP contribution is -2.34. The Kier molecular flexibility index (Phi) is 6.75. The fraction of sp³-hybridized carbons (Fsp3) is 0.154. The molecule has 2 amide bonds. The van der Waals surface area contributed by atoms with Crippen LogP contribution in [0.15, 0.2) is 78.5 Å². The summed E-state index contributed by atoms with van der Waals surface area (Å²) in [5.74, 6) is -0.567. The zero-order valence-corrected chi connectivity index (χ0v) is 18.7. The van der Waals surface area contributed by atoms with Gasteiger partial charge in [-0.25, -0.2) is 4.39 Å². The van der Waals surface area contributed by atoms with Crippen LogP contribution in [-0.2, 0) is 16.0 Å². The standard InChI is InChI=1S/C26H22ClFN2O3/c1-2-33-22-13-11-21(12-14-22)29-24-23(18-5-9-20(28)10-6-18)25(31)30(26(24)32)16-15-17-3-7-19(27)8-4-17/h3-14,29H,2,15-16H2,1H3. The van der Waals surface area contributed by atoms with E-state index in [9.17, 15) is 14.0 Å². The number of carbonyl (C=O) groups is 2. The molecule has 5 nitrogen and oxygen atoms in total. The van der Waals surface area contributed by atoms with Crippen LogP contribution in [0.2, 0.25) is 5.02 Å². The number of anilines is 1. The first-order valence-corrected chi connectivity index (χ1v) is 10.9. The topological polar surface area (TPSA) is 58.6 Å². The Morgan fingerprint density at radius 3 is 2.21 bits per heavy atom. The SMILES string of the molecule is CCOc1ccc(NC2=C(c3ccc(F)cc3)C(=O)N(CCc3ccc(Cl)cc3)C2=O)cc1. The molecular weight excluding hydrogens is 443 g/mol. The molecule has 168 valence electrons. The second-order valence-corrected chi connectivity index (χ2v) is 7.91. The van der Waals surface area contributed by atoms with Gasteiger partial charge in [-0.2, -0.15) is 0 Å². The van der Waals surface area contributed by atoms with E-state index in [2.05, 4.69) is 5.32 Å². The number of nitrogens with zero attached hydrogens (tertiary/aromatic N) is 1. The van der Waals surface area contributed by atoms with Gasteiger partial charge in [0.2, 0.25) is 0 Å². The zero-order chi connectivity index (χ0) is 23.4. The van der Waals surface area contributed by atoms with Gasteiger partial charge < -0.3 is 10.1 Å². The average Bonchev–Trinajstić information content (AvgIpc) is 3.04. The summed E-state index contributed by atoms with van der Waals surface area (Å²) in [7, 11) is 0. The minimum Gasteiger partial charge on any atom is -0.494 e. The van der Waals surface area contributed by atoms with Crippen molar-refractivity contribution in [1.29, 1.82) is 0 Å². The molecule has 0 fully saturated rings. The van der Waals surface area contributed by atoms with Crippen molar-refractivity contribution in [2.75, 3.05) is 18.5 Å². The summed E-state index contributed by atoms with van der Waals surface area (Å²) in [4.78, 5) is 27.8. The quantitative estimate of drug-likeness (QED) is 0.459. The molecule has 0 bridgehead atoms. The molecule has 7 heteroatoms. The highest BCUT2D eigenvalue weighted by Crippen LogP contribution is 2.31. The Morgan fingerprint density at radius 1 is 0.909 bits per heavy atom. The second-order valence-electron chi connectivity index (χ2n) is 7.48. The molecule has 1 aliphatic heterocycles. The summed E-state index contributed by atoms with van der Waals surface area (Å²) >= 11 is 5.94. The number of imide groups is 1. The monoisotopic (exact) mass is 464 g/mol. The second kappa shape index (κ2) is 9.88. The van der Waals surface area contributed by atoms with Gasteiger partial charge in [0.15, 0.2) is 0 Å². The van der Waals surface area contributed by atoms with Crippen LogP contribution in [0, 0.1) is 5.82 Å². The van der Waals surface area contributed by atoms with E-state index in [4.69, 9.17) is 16.3 Å². The number of benzene rings is 3. The molecule has 0 aromatic heterocycles. The van der Waals surface area contributed by atoms with Crippen molar-refractivity contribution in [2.45, 2.75) is 13.3 Å². The maximum absolute atomic E-state index is 13.5. The molecule has 33 heavy (non-hydrogen) atoms. The Labute approximate surface area is 196 Å². The predicted molar refractivity (Wildman–Crippen MR) is 126 cm³/mol. The van der Waals surface area contributed by atoms with Crippen LogP contribution in [0.5, 0.6) is 5.75 Å². The number of hydrogen-bond donors (Lipinski definition) is 1. The molecule has 0 spiro atoms. The van der Waals surface area contributed by atoms with Gasteiger partial charge in [-0.05, 0) is 73.0 Å². The normalized spacial score (nSPS) is 13.6. The molecule has 1 N–H and O–H groups in total. The number of nitrogens with one attached hydrogen (secondary N) is 1. The number of carbonyl (C=O) groups excluding carboxylic acids is 2. The largest absolute Gasteiger partial charge is 0.494 e. The van der Waals surface area contributed by atoms with Gasteiger partial charge in [0.1, 0.15) is 17.3 Å². The van der Waals surface area contributed by atoms with Crippen molar-refractivity contribution in [2.24, 2.45) is 0 Å². The Morgan fingerprint density at radius 2 is 1.58 bits per heavy atom. The Bertz CT molecular complexity index is 1190. The minimum atomic E-state index is -0.429. The molecule has 0 saturated carbocycles. The maximum atomic E-state index is 13.5. The molecule has 3 aromatic carbocycles. The third-order valence-electron chi connectivity index (χ3n) is 5.27. The molecule has 1 aliphatic rings. The van der Waals surface area contributed by atoms with E-state index in [-0.39, 0.29) is 17.8 Å². The smallest absolute Gasteiger partial charge is 0.278 e. The predicted octanol–water partition coefficient (Wildman–Crippen LogP) is 5.31. The van der Waals surface area contributed by atoms with Crippen molar-refractivity contribution in [3.63, 3.8) is 0 Å². The van der Waals surface area contributed by atoms with Gasteiger partial charge >= 0.3 is 0 Å². The maximum Gasteiger partial charge on any atom is 0.278 e. The average molecular weight is 465 g/mol. The number of rotatable bonds is 8. The van der Waals surface area contributed by atoms with Crippen LogP contribution in [-0.4, -0.2) is 29.9 Å². The van der Waals surface area contributed by atoms with Crippen LogP contribution >= 0.6 is 11.6 Å². The highest BCUT2D eigenvalue weighted by atomic mass is 35.5. The first-order chi connectivity index (χ1) is 16.0. The van der Waals surface area contributed by atoms with Crippen LogP contribution in [0.1, 0.15) is 18.1 Å². The Balaban J connectivity index is 1.62. The van der Waals surface area contributed by atoms with Gasteiger partial charge in [0, 0.05) is 17.3 Å². The fourth-order valence-corrected chi connectivity index (χ4v) is 3.74. The molecule has 1 heterocycles. The van der Waals surface area contributed by atoms with E-state index in [0.29, 0.717) is 35.1 Å². The van der Waals surface area contributed by atoms with Crippen molar-refractivity contribution in [3.05, 3.63) is 100 Å². The summed E-state index contributed by atoms with van der Waals surface area (Å²) in [5, 5.41) is 3.71. The van der Waals surface area contributed by atoms with E-state index in [1.807, 2.05) is 19.1 Å². The van der Waals surface area contributed by atoms with E-state index >= 15 is 0 Å². The minimum absolute atomic E-state index is 0.159. The van der Waals surface area contributed by atoms with Crippen LogP contribution in [0.3, 0.4) is 0 Å². The number of ether oxygens (including phenoxy) is 1. The fourth-order valence-electron chi connectivity index (χ4n) is 3.62. The van der Waals surface area contributed by atoms with Crippen LogP contribution < -0.4 is 10.1 Å². The zero-order valence-electron chi connectivity index (χ0n) is 18.0. The molecule has 3 aromatic rings. The number of hydrogen-bond acceptors (Lipinski definition) is 4. The third kappa shape index (κ3) is 5.07. The first-order valence-electron chi connectivity index (χ1n) is 10.6. The molecule has 0 aliphatic carbocycles. The lowest BCUT2D eigenvalue weighted by atomic mass is 10.0. The van der Waals surface area contributed by atoms with Gasteiger partial charge in [-0.3, -0.25) is 14.5 Å². The van der Waals surface area contributed by atoms with Crippen LogP contribution in [0.25, 0.3) is 5.57 Å². The number of halogens is 2. The van der Waals surface area contributed by atoms with Gasteiger partial charge in [-0.15, -0.1) is 0 Å². The Hall–Kier alpha value is -3.64. The molecule has 4 rings (SSSR count). The highest BCUT2D eigenvalue weighted by Gasteiger charge is 2.38. The summed E-state index contributed by atoms with van der Waals surface area (Å²) in [6.45, 7) is 2.65. The van der Waals surface area contributed by atoms with Crippen molar-refractivity contribution < 1.29 is 18.7 Å². The molecule has 0 unspecified atom stereocenters. The van der Waals surface area contributed by atoms with Gasteiger partial charge in [0.25, 0.3) is 11.8 Å². The summed E-state index contributed by atoms with van der Waals surface area (Å²) in [5.41, 5.74) is 2.43. The van der Waals surface area contributed by atoms with E-state index in [0.717, 1.165) is 5.56 Å².